The Morgan fingerprint density at radius 3 is 0.790 bits per heavy atom. The summed E-state index contributed by atoms with van der Waals surface area (Å²) in [4.78, 5) is 0. The molecule has 0 aliphatic heterocycles. The highest BCUT2D eigenvalue weighted by molar-refractivity contribution is 7.82. The van der Waals surface area contributed by atoms with Crippen LogP contribution < -0.4 is 20.9 Å². The standard InChI is InChI=1S/C30H46O4S.C24H36O4S.C18H26O4S.C15H24O4S.C12H18O4S/c31-35(32,33)34-30-28(24-17-9-3-10-18-24)26(22-13-5-1-6-14-22)21-27(23-15-7-2-8-16-23)29(30)25-19-11-4-12-20-25;25-29(26,27)28-24-22(19-12-6-2-7-13-19)16-21(18-10-4-1-5-11-18)17-23(24)20-14-8-3-9-15-20;19-23(20,21)22-18-13-16(14-7-3-1-4-8-14)11-12-17(18)15-9-5-2-6-10-15;1-9(2)12-7-13(10(3)4)15(19-20(16,17)18)14(8-12)11(5)6;1-8(2)10-6-5-7-11(9(3)4)12(10)16-17(13,14)15/h21-25H,1-20H2,(H,31,32,33);16-20H,1-15H2,(H,25,26,27);11-15H,1-10H2,(H,19,20,21);7-11H,1-6H3,(H,16,17,18);5-9H,1-4H3,(H,13,14,15). The van der Waals surface area contributed by atoms with Crippen molar-refractivity contribution in [1.29, 1.82) is 0 Å². The molecule has 9 saturated carbocycles. The number of benzene rings is 5. The lowest BCUT2D eigenvalue weighted by molar-refractivity contribution is 0.361. The molecule has 0 amide bonds. The summed E-state index contributed by atoms with van der Waals surface area (Å²) in [5.41, 5.74) is 15.0. The molecule has 0 unspecified atom stereocenters. The van der Waals surface area contributed by atoms with Gasteiger partial charge in [0.1, 0.15) is 5.75 Å². The summed E-state index contributed by atoms with van der Waals surface area (Å²) in [6.07, 6.45) is 53.8. The Morgan fingerprint density at radius 1 is 0.234 bits per heavy atom. The maximum absolute atomic E-state index is 12.4. The van der Waals surface area contributed by atoms with Crippen LogP contribution in [-0.4, -0.2) is 64.9 Å². The molecule has 5 aromatic carbocycles. The second kappa shape index (κ2) is 47.0. The summed E-state index contributed by atoms with van der Waals surface area (Å²) in [6, 6.07) is 22.5. The van der Waals surface area contributed by atoms with Crippen LogP contribution in [0.1, 0.15) is 519 Å². The molecule has 0 bridgehead atoms. The van der Waals surface area contributed by atoms with Crippen molar-refractivity contribution in [3.05, 3.63) is 145 Å². The third kappa shape index (κ3) is 30.4. The minimum Gasteiger partial charge on any atom is -0.361 e. The van der Waals surface area contributed by atoms with Crippen LogP contribution in [0, 0.1) is 0 Å². The number of para-hydroxylation sites is 1. The van der Waals surface area contributed by atoms with Gasteiger partial charge in [0.25, 0.3) is 0 Å². The van der Waals surface area contributed by atoms with Gasteiger partial charge in [0.15, 0.2) is 23.0 Å². The van der Waals surface area contributed by atoms with Crippen molar-refractivity contribution in [3.8, 4) is 28.7 Å². The first-order valence-electron chi connectivity index (χ1n) is 48.0. The monoisotopic (exact) mass is 1820 g/mol. The second-order valence-corrected chi connectivity index (χ2v) is 44.3. The Balaban J connectivity index is 0.000000166. The van der Waals surface area contributed by atoms with Crippen LogP contribution in [0.4, 0.5) is 0 Å². The molecule has 9 aliphatic carbocycles. The average molecular weight is 1820 g/mol. The molecule has 0 saturated heterocycles. The molecule has 5 aromatic rings. The van der Waals surface area contributed by atoms with Gasteiger partial charge in [-0.1, -0.05) is 303 Å². The predicted octanol–water partition coefficient (Wildman–Crippen LogP) is 28.4. The van der Waals surface area contributed by atoms with E-state index in [1.165, 1.54) is 240 Å². The fourth-order valence-corrected chi connectivity index (χ4v) is 24.0. The van der Waals surface area contributed by atoms with Gasteiger partial charge in [-0.2, -0.15) is 42.1 Å². The highest BCUT2D eigenvalue weighted by Crippen LogP contribution is 2.55. The summed E-state index contributed by atoms with van der Waals surface area (Å²) in [7, 11) is -22.6. The summed E-state index contributed by atoms with van der Waals surface area (Å²) in [5.74, 6) is 6.41. The van der Waals surface area contributed by atoms with Gasteiger partial charge in [-0.25, -0.2) is 0 Å². The lowest BCUT2D eigenvalue weighted by Crippen LogP contribution is -2.22. The van der Waals surface area contributed by atoms with E-state index in [1.54, 1.807) is 12.1 Å². The largest absolute Gasteiger partial charge is 0.446 e. The fraction of sp³-hybridized carbons (Fsp3) is 0.697. The van der Waals surface area contributed by atoms with Crippen molar-refractivity contribution in [2.45, 2.75) is 441 Å². The van der Waals surface area contributed by atoms with E-state index in [1.807, 2.05) is 85.7 Å². The van der Waals surface area contributed by atoms with Gasteiger partial charge in [-0.15, -0.1) is 0 Å². The second-order valence-electron chi connectivity index (χ2n) is 39.2. The van der Waals surface area contributed by atoms with E-state index < -0.39 is 52.0 Å². The predicted molar refractivity (Wildman–Crippen MR) is 496 cm³/mol. The van der Waals surface area contributed by atoms with Gasteiger partial charge < -0.3 is 20.9 Å². The van der Waals surface area contributed by atoms with Gasteiger partial charge in [-0.05, 0) is 271 Å². The topological polar surface area (TPSA) is 318 Å². The molecule has 9 fully saturated rings. The molecule has 0 aromatic heterocycles. The van der Waals surface area contributed by atoms with Gasteiger partial charge in [0, 0.05) is 11.1 Å². The van der Waals surface area contributed by atoms with E-state index >= 15 is 0 Å². The summed E-state index contributed by atoms with van der Waals surface area (Å²) in [6.45, 7) is 19.8. The highest BCUT2D eigenvalue weighted by atomic mass is 32.3. The van der Waals surface area contributed by atoms with Crippen molar-refractivity contribution < 1.29 is 85.8 Å². The molecular weight excluding hydrogens is 1670 g/mol. The minimum atomic E-state index is -4.59. The summed E-state index contributed by atoms with van der Waals surface area (Å²) in [5, 5.41) is 0. The number of hydrogen-bond acceptors (Lipinski definition) is 15. The SMILES string of the molecule is CC(C)c1cc(C(C)C)c(OS(=O)(=O)O)c(C(C)C)c1.CC(C)c1cccc(C(C)C)c1OS(=O)(=O)O.O=S(=O)(O)Oc1c(C2CCCCC2)c(C2CCCCC2)cc(C2CCCCC2)c1C1CCCCC1.O=S(=O)(O)Oc1c(C2CCCCC2)cc(C2CCCCC2)cc1C1CCCCC1.O=S(=O)(O)Oc1cc(C2CCCCC2)ccc1C1CCCCC1. The Labute approximate surface area is 747 Å². The fourth-order valence-electron chi connectivity index (χ4n) is 22.0. The van der Waals surface area contributed by atoms with E-state index in [4.69, 9.17) is 34.6 Å². The number of hydrogen-bond donors (Lipinski definition) is 5. The Morgan fingerprint density at radius 2 is 0.492 bits per heavy atom. The average Bonchev–Trinajstić information content (AvgIpc) is 0.740. The lowest BCUT2D eigenvalue weighted by Gasteiger charge is -2.37. The molecule has 0 atom stereocenters. The first-order valence-corrected chi connectivity index (χ1v) is 54.8. The maximum atomic E-state index is 12.4. The molecule has 0 heterocycles. The molecule has 25 heteroatoms. The maximum Gasteiger partial charge on any atom is 0.446 e. The van der Waals surface area contributed by atoms with E-state index in [9.17, 15) is 51.2 Å². The zero-order chi connectivity index (χ0) is 89.7. The van der Waals surface area contributed by atoms with Crippen molar-refractivity contribution >= 4 is 52.0 Å². The van der Waals surface area contributed by atoms with Gasteiger partial charge in [0.2, 0.25) is 0 Å². The van der Waals surface area contributed by atoms with Crippen LogP contribution in [0.25, 0.3) is 0 Å². The molecule has 0 spiro atoms. The summed E-state index contributed by atoms with van der Waals surface area (Å²) >= 11 is 0. The van der Waals surface area contributed by atoms with Crippen LogP contribution >= 0.6 is 0 Å². The van der Waals surface area contributed by atoms with E-state index in [2.05, 4.69) is 38.1 Å². The van der Waals surface area contributed by atoms with Crippen molar-refractivity contribution in [1.82, 2.24) is 0 Å². The minimum absolute atomic E-state index is 0.1000. The molecule has 9 aliphatic rings. The van der Waals surface area contributed by atoms with Gasteiger partial charge >= 0.3 is 52.0 Å². The quantitative estimate of drug-likeness (QED) is 0.0358. The molecule has 20 nitrogen and oxygen atoms in total. The Bertz CT molecular complexity index is 4660. The third-order valence-corrected chi connectivity index (χ3v) is 30.3. The van der Waals surface area contributed by atoms with Crippen molar-refractivity contribution in [2.24, 2.45) is 0 Å². The molecule has 124 heavy (non-hydrogen) atoms. The smallest absolute Gasteiger partial charge is 0.361 e. The molecule has 0 radical (unpaired) electrons. The normalized spacial score (nSPS) is 20.0. The van der Waals surface area contributed by atoms with Crippen molar-refractivity contribution in [3.63, 3.8) is 0 Å². The van der Waals surface area contributed by atoms with Crippen LogP contribution in [-0.2, 0) is 52.0 Å². The third-order valence-electron chi connectivity index (χ3n) is 28.4. The molecule has 696 valence electrons. The van der Waals surface area contributed by atoms with E-state index in [-0.39, 0.29) is 35.2 Å². The van der Waals surface area contributed by atoms with Crippen LogP contribution in [0.5, 0.6) is 28.7 Å². The first-order chi connectivity index (χ1) is 58.8. The van der Waals surface area contributed by atoms with Crippen LogP contribution in [0.2, 0.25) is 0 Å². The van der Waals surface area contributed by atoms with Gasteiger partial charge in [0.05, 0.1) is 0 Å². The number of rotatable bonds is 24. The molecular formula is C99H150O20S5. The van der Waals surface area contributed by atoms with Gasteiger partial charge in [-0.3, -0.25) is 22.8 Å². The van der Waals surface area contributed by atoms with E-state index in [0.717, 1.165) is 127 Å². The molecule has 14 rings (SSSR count). The first kappa shape index (κ1) is 101. The zero-order valence-corrected chi connectivity index (χ0v) is 80.2. The van der Waals surface area contributed by atoms with Crippen LogP contribution in [0.3, 0.4) is 0 Å². The molecule has 5 N–H and O–H groups in total. The lowest BCUT2D eigenvalue weighted by atomic mass is 9.69. The highest BCUT2D eigenvalue weighted by Gasteiger charge is 2.39. The Kier molecular flexibility index (Phi) is 38.2. The Hall–Kier alpha value is -5.35. The van der Waals surface area contributed by atoms with Crippen molar-refractivity contribution in [2.75, 3.05) is 0 Å². The van der Waals surface area contributed by atoms with E-state index in [0.29, 0.717) is 76.4 Å². The zero-order valence-electron chi connectivity index (χ0n) is 76.2. The van der Waals surface area contributed by atoms with Crippen LogP contribution in [0.15, 0.2) is 66.7 Å². The summed E-state index contributed by atoms with van der Waals surface area (Å²) < 4.78 is 187.